The van der Waals surface area contributed by atoms with Crippen molar-refractivity contribution < 1.29 is 0 Å². The van der Waals surface area contributed by atoms with E-state index in [1.807, 2.05) is 0 Å². The molecule has 1 aliphatic rings. The van der Waals surface area contributed by atoms with Crippen LogP contribution in [0, 0.1) is 41.5 Å². The van der Waals surface area contributed by atoms with E-state index in [4.69, 9.17) is 0 Å². The molecule has 0 aromatic heterocycles. The molecule has 0 aliphatic heterocycles. The molecule has 0 radical (unpaired) electrons. The van der Waals surface area contributed by atoms with Gasteiger partial charge in [0, 0.05) is 5.41 Å². The lowest BCUT2D eigenvalue weighted by molar-refractivity contribution is 0.397. The second kappa shape index (κ2) is 20.8. The summed E-state index contributed by atoms with van der Waals surface area (Å²) in [6, 6.07) is 43.7. The van der Waals surface area contributed by atoms with Crippen molar-refractivity contribution in [3.63, 3.8) is 0 Å². The summed E-state index contributed by atoms with van der Waals surface area (Å²) in [7, 11) is -0.512. The minimum Gasteiger partial charge on any atom is -0.0654 e. The number of fused-ring (bicyclic) bond motifs is 5. The maximum atomic E-state index is 2.58. The Bertz CT molecular complexity index is 2170. The Kier molecular flexibility index (Phi) is 15.6. The molecule has 0 fully saturated rings. The van der Waals surface area contributed by atoms with Gasteiger partial charge in [-0.15, -0.1) is 0 Å². The number of benzene rings is 6. The molecule has 1 heteroatoms. The molecule has 0 nitrogen and oxygen atoms in total. The predicted octanol–water partition coefficient (Wildman–Crippen LogP) is 15.9. The fourth-order valence-corrected chi connectivity index (χ4v) is 12.4. The van der Waals surface area contributed by atoms with E-state index >= 15 is 0 Å². The number of aryl methyl sites for hydroxylation is 6. The van der Waals surface area contributed by atoms with E-state index in [2.05, 4.69) is 171 Å². The van der Waals surface area contributed by atoms with Crippen LogP contribution in [-0.2, 0) is 5.41 Å². The van der Waals surface area contributed by atoms with Gasteiger partial charge in [-0.2, -0.15) is 0 Å². The zero-order chi connectivity index (χ0) is 41.1. The second-order valence-electron chi connectivity index (χ2n) is 17.6. The third-order valence-electron chi connectivity index (χ3n) is 12.8. The lowest BCUT2D eigenvalue weighted by Crippen LogP contribution is -2.26. The van der Waals surface area contributed by atoms with Crippen molar-refractivity contribution in [2.75, 3.05) is 0 Å². The standard InChI is InChI=1S/C35H48.C22H23P/c1-5-7-9-11-13-17-23-35(24-18-14-12-10-8-6-2)32-25-27(3)21-22-31(32)34-30-20-16-15-19-29(30)28(4)26-33(34)35;1-16-10-12-21(18(3)14-16)23(20-8-6-5-7-9-20)22-13-11-17(2)15-19(22)4/h15-16,19-22,25-26H,5-14,17-18,23-24H2,1-4H3;5-15H,1-4H3. The van der Waals surface area contributed by atoms with Crippen LogP contribution in [0.15, 0.2) is 115 Å². The zero-order valence-electron chi connectivity index (χ0n) is 37.3. The molecule has 304 valence electrons. The average molecular weight is 787 g/mol. The molecule has 6 aromatic carbocycles. The molecule has 0 spiro atoms. The molecule has 0 atom stereocenters. The lowest BCUT2D eigenvalue weighted by atomic mass is 9.70. The largest absolute Gasteiger partial charge is 0.0654 e. The molecular formula is C57H71P. The van der Waals surface area contributed by atoms with Crippen LogP contribution in [0.5, 0.6) is 0 Å². The summed E-state index contributed by atoms with van der Waals surface area (Å²) in [5.74, 6) is 0. The summed E-state index contributed by atoms with van der Waals surface area (Å²) in [4.78, 5) is 0. The Labute approximate surface area is 354 Å². The quantitative estimate of drug-likeness (QED) is 0.0638. The first-order valence-corrected chi connectivity index (χ1v) is 24.2. The third-order valence-corrected chi connectivity index (χ3v) is 15.6. The number of unbranched alkanes of at least 4 members (excludes halogenated alkanes) is 10. The van der Waals surface area contributed by atoms with E-state index in [-0.39, 0.29) is 5.41 Å². The van der Waals surface area contributed by atoms with Crippen LogP contribution in [0.3, 0.4) is 0 Å². The molecule has 58 heavy (non-hydrogen) atoms. The Morgan fingerprint density at radius 2 is 0.897 bits per heavy atom. The summed E-state index contributed by atoms with van der Waals surface area (Å²) < 4.78 is 0. The van der Waals surface area contributed by atoms with Gasteiger partial charge in [-0.05, 0) is 128 Å². The van der Waals surface area contributed by atoms with Crippen molar-refractivity contribution >= 4 is 34.6 Å². The smallest absolute Gasteiger partial charge is 0.0215 e. The molecule has 0 saturated carbocycles. The third kappa shape index (κ3) is 10.1. The molecule has 0 amide bonds. The van der Waals surface area contributed by atoms with Crippen LogP contribution in [0.2, 0.25) is 0 Å². The van der Waals surface area contributed by atoms with Gasteiger partial charge in [-0.1, -0.05) is 223 Å². The van der Waals surface area contributed by atoms with Crippen LogP contribution in [-0.4, -0.2) is 0 Å². The van der Waals surface area contributed by atoms with Crippen LogP contribution >= 0.6 is 7.92 Å². The van der Waals surface area contributed by atoms with E-state index in [9.17, 15) is 0 Å². The Balaban J connectivity index is 0.000000213. The maximum absolute atomic E-state index is 2.58. The van der Waals surface area contributed by atoms with E-state index in [1.54, 1.807) is 11.1 Å². The SMILES string of the molecule is CCCCCCCCC1(CCCCCCCC)c2cc(C)ccc2-c2c1cc(C)c1ccccc21.Cc1ccc(P(c2ccccc2)c2ccc(C)cc2C)c(C)c1. The highest BCUT2D eigenvalue weighted by molar-refractivity contribution is 7.80. The first-order valence-electron chi connectivity index (χ1n) is 22.8. The minimum absolute atomic E-state index is 0.182. The highest BCUT2D eigenvalue weighted by Gasteiger charge is 2.43. The van der Waals surface area contributed by atoms with Crippen molar-refractivity contribution in [2.24, 2.45) is 0 Å². The van der Waals surface area contributed by atoms with Crippen molar-refractivity contribution in [1.82, 2.24) is 0 Å². The van der Waals surface area contributed by atoms with Gasteiger partial charge in [-0.25, -0.2) is 0 Å². The Morgan fingerprint density at radius 1 is 0.414 bits per heavy atom. The molecule has 0 bridgehead atoms. The number of hydrogen-bond acceptors (Lipinski definition) is 0. The predicted molar refractivity (Wildman–Crippen MR) is 260 cm³/mol. The maximum Gasteiger partial charge on any atom is 0.0215 e. The first-order chi connectivity index (χ1) is 28.2. The van der Waals surface area contributed by atoms with Gasteiger partial charge >= 0.3 is 0 Å². The van der Waals surface area contributed by atoms with Gasteiger partial charge in [0.2, 0.25) is 0 Å². The summed E-state index contributed by atoms with van der Waals surface area (Å²) in [6.07, 6.45) is 19.1. The van der Waals surface area contributed by atoms with Gasteiger partial charge in [-0.3, -0.25) is 0 Å². The molecule has 0 unspecified atom stereocenters. The van der Waals surface area contributed by atoms with E-state index in [1.165, 1.54) is 161 Å². The van der Waals surface area contributed by atoms with Crippen molar-refractivity contribution in [1.29, 1.82) is 0 Å². The monoisotopic (exact) mass is 787 g/mol. The van der Waals surface area contributed by atoms with Gasteiger partial charge in [0.15, 0.2) is 0 Å². The fourth-order valence-electron chi connectivity index (χ4n) is 9.82. The fraction of sp³-hybridized carbons (Fsp3) is 0.404. The van der Waals surface area contributed by atoms with E-state index in [0.29, 0.717) is 0 Å². The Morgan fingerprint density at radius 3 is 1.45 bits per heavy atom. The molecular weight excluding hydrogens is 716 g/mol. The summed E-state index contributed by atoms with van der Waals surface area (Å²) >= 11 is 0. The molecule has 6 aromatic rings. The van der Waals surface area contributed by atoms with Crippen LogP contribution in [0.25, 0.3) is 21.9 Å². The van der Waals surface area contributed by atoms with E-state index in [0.717, 1.165) is 0 Å². The highest BCUT2D eigenvalue weighted by atomic mass is 31.1. The van der Waals surface area contributed by atoms with Crippen molar-refractivity contribution in [3.05, 3.63) is 160 Å². The zero-order valence-corrected chi connectivity index (χ0v) is 38.2. The second-order valence-corrected chi connectivity index (χ2v) is 19.7. The van der Waals surface area contributed by atoms with Crippen molar-refractivity contribution in [2.45, 2.75) is 151 Å². The molecule has 1 aliphatic carbocycles. The van der Waals surface area contributed by atoms with Crippen LogP contribution in [0.1, 0.15) is 148 Å². The topological polar surface area (TPSA) is 0 Å². The van der Waals surface area contributed by atoms with Crippen LogP contribution < -0.4 is 15.9 Å². The van der Waals surface area contributed by atoms with Crippen molar-refractivity contribution in [3.8, 4) is 11.1 Å². The molecule has 0 heterocycles. The molecule has 7 rings (SSSR count). The summed E-state index contributed by atoms with van der Waals surface area (Å²) in [5, 5.41) is 7.22. The molecule has 0 N–H and O–H groups in total. The Hall–Kier alpha value is -3.99. The van der Waals surface area contributed by atoms with Gasteiger partial charge < -0.3 is 0 Å². The van der Waals surface area contributed by atoms with Gasteiger partial charge in [0.05, 0.1) is 0 Å². The first kappa shape index (κ1) is 43.6. The minimum atomic E-state index is -0.512. The normalized spacial score (nSPS) is 12.7. The number of hydrogen-bond donors (Lipinski definition) is 0. The van der Waals surface area contributed by atoms with E-state index < -0.39 is 7.92 Å². The number of rotatable bonds is 17. The van der Waals surface area contributed by atoms with Crippen LogP contribution in [0.4, 0.5) is 0 Å². The summed E-state index contributed by atoms with van der Waals surface area (Å²) in [5.41, 5.74) is 14.8. The lowest BCUT2D eigenvalue weighted by Gasteiger charge is -2.33. The van der Waals surface area contributed by atoms with Gasteiger partial charge in [0.1, 0.15) is 0 Å². The average Bonchev–Trinajstić information content (AvgIpc) is 3.48. The van der Waals surface area contributed by atoms with Gasteiger partial charge in [0.25, 0.3) is 0 Å². The summed E-state index contributed by atoms with van der Waals surface area (Å²) in [6.45, 7) is 18.1. The highest BCUT2D eigenvalue weighted by Crippen LogP contribution is 2.56. The molecule has 0 saturated heterocycles.